The molecule has 2 heterocycles. The van der Waals surface area contributed by atoms with Crippen LogP contribution in [0.2, 0.25) is 0 Å². The Bertz CT molecular complexity index is 1200. The Balaban J connectivity index is 1.64. The monoisotopic (exact) mass is 563 g/mol. The summed E-state index contributed by atoms with van der Waals surface area (Å²) in [6.45, 7) is 3.87. The summed E-state index contributed by atoms with van der Waals surface area (Å²) in [4.78, 5) is 26.4. The van der Waals surface area contributed by atoms with Crippen LogP contribution in [0.3, 0.4) is 0 Å². The molecule has 8 nitrogen and oxygen atoms in total. The van der Waals surface area contributed by atoms with Gasteiger partial charge in [-0.3, -0.25) is 9.69 Å². The second-order valence-corrected chi connectivity index (χ2v) is 10.7. The predicted octanol–water partition coefficient (Wildman–Crippen LogP) is 4.80. The number of likely N-dealkylation sites (tertiary alicyclic amines) is 1. The number of piperidine rings is 1. The number of nitrogens with two attached hydrogens (primary N) is 1. The molecule has 2 aliphatic rings. The number of ether oxygens (including phenoxy) is 3. The van der Waals surface area contributed by atoms with Crippen molar-refractivity contribution in [2.45, 2.75) is 62.9 Å². The topological polar surface area (TPSA) is 103 Å². The smallest absolute Gasteiger partial charge is 0.433 e. The summed E-state index contributed by atoms with van der Waals surface area (Å²) in [5.41, 5.74) is 5.23. The number of halogens is 3. The van der Waals surface area contributed by atoms with Gasteiger partial charge in [0.05, 0.1) is 29.4 Å². The van der Waals surface area contributed by atoms with Gasteiger partial charge < -0.3 is 25.3 Å². The molecule has 0 saturated carbocycles. The van der Waals surface area contributed by atoms with Crippen LogP contribution in [0.1, 0.15) is 61.0 Å². The molecule has 0 aliphatic carbocycles. The molecule has 3 N–H and O–H groups in total. The zero-order valence-corrected chi connectivity index (χ0v) is 22.8. The minimum Gasteiger partial charge on any atom is -0.433 e. The Morgan fingerprint density at radius 2 is 1.88 bits per heavy atom. The minimum absolute atomic E-state index is 0.0136. The van der Waals surface area contributed by atoms with E-state index in [-0.39, 0.29) is 32.4 Å². The molecule has 0 radical (unpaired) electrons. The number of benzene rings is 2. The fraction of sp³-hybridized carbons (Fsp3) is 0.517. The third kappa shape index (κ3) is 6.76. The number of nitrogens with zero attached hydrogens (tertiary/aromatic N) is 1. The van der Waals surface area contributed by atoms with Crippen LogP contribution in [0.4, 0.5) is 18.0 Å². The van der Waals surface area contributed by atoms with Crippen molar-refractivity contribution in [1.82, 2.24) is 10.2 Å². The molecule has 2 aliphatic heterocycles. The van der Waals surface area contributed by atoms with Gasteiger partial charge in [-0.05, 0) is 56.4 Å². The van der Waals surface area contributed by atoms with E-state index in [0.717, 1.165) is 17.7 Å². The number of amides is 1. The molecule has 4 rings (SSSR count). The van der Waals surface area contributed by atoms with Gasteiger partial charge in [-0.25, -0.2) is 4.79 Å². The van der Waals surface area contributed by atoms with Crippen molar-refractivity contribution in [3.05, 3.63) is 70.8 Å². The van der Waals surface area contributed by atoms with Crippen molar-refractivity contribution < 1.29 is 37.0 Å². The van der Waals surface area contributed by atoms with Crippen molar-refractivity contribution in [1.29, 1.82) is 0 Å². The average molecular weight is 564 g/mol. The molecule has 11 heteroatoms. The number of alkyl halides is 3. The van der Waals surface area contributed by atoms with E-state index in [2.05, 4.69) is 5.32 Å². The Labute approximate surface area is 231 Å². The van der Waals surface area contributed by atoms with Crippen LogP contribution in [0, 0.1) is 6.92 Å². The van der Waals surface area contributed by atoms with Crippen molar-refractivity contribution in [3.63, 3.8) is 0 Å². The molecule has 40 heavy (non-hydrogen) atoms. The summed E-state index contributed by atoms with van der Waals surface area (Å²) in [7, 11) is 0. The van der Waals surface area contributed by atoms with E-state index >= 15 is 0 Å². The lowest BCUT2D eigenvalue weighted by Gasteiger charge is -2.52. The molecule has 1 amide bonds. The van der Waals surface area contributed by atoms with Gasteiger partial charge in [0.25, 0.3) is 0 Å². The number of rotatable bonds is 9. The van der Waals surface area contributed by atoms with E-state index in [9.17, 15) is 22.8 Å². The summed E-state index contributed by atoms with van der Waals surface area (Å²) in [6.07, 6.45) is -3.73. The zero-order valence-electron chi connectivity index (χ0n) is 22.8. The first-order valence-electron chi connectivity index (χ1n) is 13.4. The Kier molecular flexibility index (Phi) is 9.06. The molecule has 2 aromatic rings. The highest BCUT2D eigenvalue weighted by Crippen LogP contribution is 2.45. The second kappa shape index (κ2) is 12.2. The van der Waals surface area contributed by atoms with Gasteiger partial charge in [-0.15, -0.1) is 0 Å². The van der Waals surface area contributed by atoms with Gasteiger partial charge in [-0.1, -0.05) is 42.0 Å². The maximum atomic E-state index is 13.5. The van der Waals surface area contributed by atoms with Crippen LogP contribution in [-0.2, 0) is 30.7 Å². The lowest BCUT2D eigenvalue weighted by molar-refractivity contribution is -0.137. The van der Waals surface area contributed by atoms with Crippen LogP contribution >= 0.6 is 0 Å². The van der Waals surface area contributed by atoms with Gasteiger partial charge in [0, 0.05) is 19.5 Å². The molecular weight excluding hydrogens is 527 g/mol. The van der Waals surface area contributed by atoms with E-state index in [1.54, 1.807) is 19.9 Å². The summed E-state index contributed by atoms with van der Waals surface area (Å²) >= 11 is 0. The van der Waals surface area contributed by atoms with E-state index in [4.69, 9.17) is 19.9 Å². The first-order valence-corrected chi connectivity index (χ1v) is 13.4. The molecular formula is C29H36F3N3O5. The molecule has 0 bridgehead atoms. The van der Waals surface area contributed by atoms with E-state index < -0.39 is 35.1 Å². The summed E-state index contributed by atoms with van der Waals surface area (Å²) < 4.78 is 57.3. The van der Waals surface area contributed by atoms with Crippen LogP contribution < -0.4 is 11.1 Å². The van der Waals surface area contributed by atoms with Gasteiger partial charge in [0.1, 0.15) is 13.3 Å². The first kappa shape index (κ1) is 29.8. The Morgan fingerprint density at radius 1 is 1.12 bits per heavy atom. The van der Waals surface area contributed by atoms with E-state index in [1.807, 2.05) is 35.2 Å². The first-order chi connectivity index (χ1) is 19.0. The fourth-order valence-corrected chi connectivity index (χ4v) is 5.66. The number of carbonyl (C=O) groups excluding carboxylic acids is 2. The van der Waals surface area contributed by atoms with Gasteiger partial charge in [0.2, 0.25) is 5.91 Å². The highest BCUT2D eigenvalue weighted by atomic mass is 19.4. The Hall–Kier alpha value is -3.15. The molecule has 2 aromatic carbocycles. The van der Waals surface area contributed by atoms with Crippen molar-refractivity contribution in [2.24, 2.45) is 5.73 Å². The Morgan fingerprint density at radius 3 is 2.52 bits per heavy atom. The largest absolute Gasteiger partial charge is 0.509 e. The summed E-state index contributed by atoms with van der Waals surface area (Å²) in [5.74, 6) is -0.0276. The third-order valence-electron chi connectivity index (χ3n) is 7.81. The normalized spacial score (nSPS) is 24.1. The SMILES string of the molecule is Cc1cc([C@@H](C)OC[C@@]2(c3ccccc3)CC[C@]3(CCC(=O)N3)CN2COC(=O)OCCN)cc(C(F)(F)F)c1. The maximum Gasteiger partial charge on any atom is 0.509 e. The number of carbonyl (C=O) groups is 2. The lowest BCUT2D eigenvalue weighted by Crippen LogP contribution is -2.64. The highest BCUT2D eigenvalue weighted by molar-refractivity contribution is 5.79. The number of hydrogen-bond donors (Lipinski definition) is 2. The van der Waals surface area contributed by atoms with Crippen LogP contribution in [0.5, 0.6) is 0 Å². The quantitative estimate of drug-likeness (QED) is 0.423. The zero-order chi connectivity index (χ0) is 29.0. The molecule has 218 valence electrons. The predicted molar refractivity (Wildman–Crippen MR) is 141 cm³/mol. The number of nitrogens with one attached hydrogen (secondary N) is 1. The van der Waals surface area contributed by atoms with Gasteiger partial charge >= 0.3 is 12.3 Å². The van der Waals surface area contributed by atoms with E-state index in [0.29, 0.717) is 43.4 Å². The molecule has 2 fully saturated rings. The van der Waals surface area contributed by atoms with Gasteiger partial charge in [0.15, 0.2) is 0 Å². The average Bonchev–Trinajstić information content (AvgIpc) is 3.29. The van der Waals surface area contributed by atoms with Crippen molar-refractivity contribution in [2.75, 3.05) is 33.0 Å². The standard InChI is InChI=1S/C29H36F3N3O5/c1-20-14-22(16-24(15-20)29(30,31)32)21(2)39-18-28(23-6-4-3-5-7-23)11-10-27(9-8-25(36)34-27)17-35(28)19-40-26(37)38-13-12-33/h3-7,14-16,21H,8-13,17-19,33H2,1-2H3,(H,34,36)/t21-,27-,28-/m1/s1. The van der Waals surface area contributed by atoms with Crippen LogP contribution in [0.25, 0.3) is 0 Å². The molecule has 0 unspecified atom stereocenters. The van der Waals surface area contributed by atoms with E-state index in [1.165, 1.54) is 0 Å². The third-order valence-corrected chi connectivity index (χ3v) is 7.81. The molecule has 0 aromatic heterocycles. The molecule has 2 saturated heterocycles. The summed E-state index contributed by atoms with van der Waals surface area (Å²) in [5, 5.41) is 3.11. The van der Waals surface area contributed by atoms with Gasteiger partial charge in [-0.2, -0.15) is 13.2 Å². The maximum absolute atomic E-state index is 13.5. The molecule has 1 spiro atoms. The molecule has 3 atom stereocenters. The lowest BCUT2D eigenvalue weighted by atomic mass is 9.74. The second-order valence-electron chi connectivity index (χ2n) is 10.7. The number of hydrogen-bond acceptors (Lipinski definition) is 7. The minimum atomic E-state index is -4.47. The van der Waals surface area contributed by atoms with Crippen molar-refractivity contribution in [3.8, 4) is 0 Å². The van der Waals surface area contributed by atoms with Crippen LogP contribution in [-0.4, -0.2) is 55.5 Å². The number of aryl methyl sites for hydroxylation is 1. The highest BCUT2D eigenvalue weighted by Gasteiger charge is 2.52. The fourth-order valence-electron chi connectivity index (χ4n) is 5.66. The summed E-state index contributed by atoms with van der Waals surface area (Å²) in [6, 6.07) is 13.5. The van der Waals surface area contributed by atoms with Crippen LogP contribution in [0.15, 0.2) is 48.5 Å². The van der Waals surface area contributed by atoms with Crippen molar-refractivity contribution >= 4 is 12.1 Å².